The molecular weight excluding hydrogens is 697 g/mol. The molecule has 0 aliphatic carbocycles. The summed E-state index contributed by atoms with van der Waals surface area (Å²) in [5.41, 5.74) is 6.74. The molecule has 56 heavy (non-hydrogen) atoms. The highest BCUT2D eigenvalue weighted by atomic mass is 16.7. The number of carbonyl (C=O) groups excluding carboxylic acids is 2. The molecule has 3 atom stereocenters. The van der Waals surface area contributed by atoms with Crippen LogP contribution in [0.4, 0.5) is 0 Å². The highest BCUT2D eigenvalue weighted by Gasteiger charge is 2.35. The average Bonchev–Trinajstić information content (AvgIpc) is 3.47. The van der Waals surface area contributed by atoms with Gasteiger partial charge in [0.1, 0.15) is 0 Å². The number of fused-ring (bicyclic) bond motifs is 1. The molecule has 0 saturated carbocycles. The first-order valence-electron chi connectivity index (χ1n) is 21.3. The minimum absolute atomic E-state index is 0.0110. The number of aliphatic hydroxyl groups excluding tert-OH is 1. The molecule has 1 N–H and O–H groups in total. The average molecular weight is 759 g/mol. The lowest BCUT2D eigenvalue weighted by atomic mass is 9.98. The van der Waals surface area contributed by atoms with Gasteiger partial charge < -0.3 is 19.5 Å². The van der Waals surface area contributed by atoms with Crippen molar-refractivity contribution in [3.63, 3.8) is 0 Å². The number of aliphatic hydroxyl groups is 1. The number of benzene rings is 4. The van der Waals surface area contributed by atoms with E-state index in [4.69, 9.17) is 9.47 Å². The summed E-state index contributed by atoms with van der Waals surface area (Å²) < 4.78 is 13.7. The molecule has 3 unspecified atom stereocenters. The molecular formula is C49H62N2O5. The fraction of sp³-hybridized carbons (Fsp3) is 0.469. The number of carbonyl (C=O) groups is 2. The van der Waals surface area contributed by atoms with Crippen LogP contribution in [0.15, 0.2) is 97.1 Å². The second-order valence-electron chi connectivity index (χ2n) is 15.8. The quantitative estimate of drug-likeness (QED) is 0.0635. The smallest absolute Gasteiger partial charge is 0.261 e. The van der Waals surface area contributed by atoms with Gasteiger partial charge in [-0.25, -0.2) is 0 Å². The Kier molecular flexibility index (Phi) is 15.9. The number of imide groups is 1. The Morgan fingerprint density at radius 3 is 1.84 bits per heavy atom. The highest BCUT2D eigenvalue weighted by molar-refractivity contribution is 6.21. The van der Waals surface area contributed by atoms with E-state index in [1.807, 2.05) is 30.3 Å². The van der Waals surface area contributed by atoms with Crippen LogP contribution in [0.5, 0.6) is 0 Å². The van der Waals surface area contributed by atoms with E-state index in [2.05, 4.69) is 61.2 Å². The van der Waals surface area contributed by atoms with E-state index >= 15 is 0 Å². The third-order valence-electron chi connectivity index (χ3n) is 11.4. The van der Waals surface area contributed by atoms with Crippen LogP contribution in [0.2, 0.25) is 0 Å². The number of rotatable bonds is 22. The number of hydrogen-bond donors (Lipinski definition) is 1. The fourth-order valence-corrected chi connectivity index (χ4v) is 8.13. The molecule has 7 nitrogen and oxygen atoms in total. The van der Waals surface area contributed by atoms with Gasteiger partial charge in [0, 0.05) is 18.5 Å². The Bertz CT molecular complexity index is 1790. The first-order valence-corrected chi connectivity index (χ1v) is 21.3. The van der Waals surface area contributed by atoms with Gasteiger partial charge in [0.25, 0.3) is 11.8 Å². The van der Waals surface area contributed by atoms with Gasteiger partial charge in [-0.15, -0.1) is 0 Å². The topological polar surface area (TPSA) is 79.3 Å². The third kappa shape index (κ3) is 11.3. The van der Waals surface area contributed by atoms with Gasteiger partial charge in [-0.3, -0.25) is 14.5 Å². The Labute approximate surface area is 335 Å². The maximum Gasteiger partial charge on any atom is 0.261 e. The molecule has 298 valence electrons. The Morgan fingerprint density at radius 1 is 0.625 bits per heavy atom. The van der Waals surface area contributed by atoms with E-state index in [-0.39, 0.29) is 37.2 Å². The molecule has 4 aromatic carbocycles. The summed E-state index contributed by atoms with van der Waals surface area (Å²) in [5.74, 6) is -0.505. The number of hydrogen-bond acceptors (Lipinski definition) is 6. The highest BCUT2D eigenvalue weighted by Crippen LogP contribution is 2.39. The molecule has 6 rings (SSSR count). The summed E-state index contributed by atoms with van der Waals surface area (Å²) in [4.78, 5) is 30.2. The molecule has 0 spiro atoms. The van der Waals surface area contributed by atoms with Crippen molar-refractivity contribution in [1.82, 2.24) is 9.80 Å². The van der Waals surface area contributed by atoms with E-state index in [0.29, 0.717) is 11.1 Å². The van der Waals surface area contributed by atoms with Crippen molar-refractivity contribution in [1.29, 1.82) is 0 Å². The molecule has 1 fully saturated rings. The van der Waals surface area contributed by atoms with Crippen LogP contribution in [0, 0.1) is 0 Å². The normalized spacial score (nSPS) is 18.2. The second-order valence-corrected chi connectivity index (χ2v) is 15.8. The van der Waals surface area contributed by atoms with Crippen LogP contribution in [0.3, 0.4) is 0 Å². The van der Waals surface area contributed by atoms with E-state index in [1.165, 1.54) is 81.9 Å². The Morgan fingerprint density at radius 2 is 1.21 bits per heavy atom. The second kappa shape index (κ2) is 21.4. The summed E-state index contributed by atoms with van der Waals surface area (Å²) >= 11 is 0. The van der Waals surface area contributed by atoms with Crippen LogP contribution in [0.25, 0.3) is 11.1 Å². The van der Waals surface area contributed by atoms with Gasteiger partial charge in [-0.1, -0.05) is 151 Å². The fourth-order valence-electron chi connectivity index (χ4n) is 8.13. The van der Waals surface area contributed by atoms with Gasteiger partial charge in [-0.05, 0) is 78.0 Å². The van der Waals surface area contributed by atoms with Gasteiger partial charge in [-0.2, -0.15) is 0 Å². The molecule has 4 aromatic rings. The van der Waals surface area contributed by atoms with Crippen LogP contribution < -0.4 is 0 Å². The molecule has 2 aliphatic rings. The van der Waals surface area contributed by atoms with E-state index in [9.17, 15) is 14.7 Å². The number of ether oxygens (including phenoxy) is 2. The third-order valence-corrected chi connectivity index (χ3v) is 11.4. The van der Waals surface area contributed by atoms with Crippen LogP contribution in [0.1, 0.15) is 153 Å². The first-order chi connectivity index (χ1) is 27.5. The number of nitrogens with zero attached hydrogens (tertiary/aromatic N) is 2. The molecule has 0 aromatic heterocycles. The lowest BCUT2D eigenvalue weighted by molar-refractivity contribution is -0.253. The zero-order valence-electron chi connectivity index (χ0n) is 33.7. The van der Waals surface area contributed by atoms with Gasteiger partial charge >= 0.3 is 0 Å². The lowest BCUT2D eigenvalue weighted by Crippen LogP contribution is -2.40. The molecule has 0 bridgehead atoms. The summed E-state index contributed by atoms with van der Waals surface area (Å²) in [5, 5.41) is 9.71. The van der Waals surface area contributed by atoms with Crippen molar-refractivity contribution >= 4 is 11.8 Å². The van der Waals surface area contributed by atoms with Crippen molar-refractivity contribution in [3.8, 4) is 11.1 Å². The van der Waals surface area contributed by atoms with Gasteiger partial charge in [0.2, 0.25) is 0 Å². The largest absolute Gasteiger partial charge is 0.392 e. The minimum Gasteiger partial charge on any atom is -0.392 e. The van der Waals surface area contributed by atoms with E-state index in [0.717, 1.165) is 59.4 Å². The molecule has 1 saturated heterocycles. The van der Waals surface area contributed by atoms with E-state index < -0.39 is 6.29 Å². The maximum atomic E-state index is 13.1. The molecule has 2 amide bonds. The van der Waals surface area contributed by atoms with Gasteiger partial charge in [0.05, 0.1) is 36.5 Å². The van der Waals surface area contributed by atoms with Crippen molar-refractivity contribution in [2.24, 2.45) is 0 Å². The number of unbranched alkanes of at least 4 members (excludes halogenated alkanes) is 10. The van der Waals surface area contributed by atoms with E-state index in [1.54, 1.807) is 24.3 Å². The predicted molar refractivity (Wildman–Crippen MR) is 224 cm³/mol. The predicted octanol–water partition coefficient (Wildman–Crippen LogP) is 11.2. The SMILES string of the molecule is CCCCCCCCN(CCCCCCCC)CC1CC(c2ccc(CO)cc2)OC(c2cccc(-c3cccc(CN4C(=O)c5ccccc5C4=O)c3)c2)O1. The Balaban J connectivity index is 1.18. The van der Waals surface area contributed by atoms with Gasteiger partial charge in [0.15, 0.2) is 6.29 Å². The summed E-state index contributed by atoms with van der Waals surface area (Å²) in [6.07, 6.45) is 15.5. The Hall–Kier alpha value is -4.14. The molecule has 2 heterocycles. The summed E-state index contributed by atoms with van der Waals surface area (Å²) in [6.45, 7) is 7.82. The maximum absolute atomic E-state index is 13.1. The zero-order chi connectivity index (χ0) is 39.1. The molecule has 7 heteroatoms. The van der Waals surface area contributed by atoms with Crippen LogP contribution >= 0.6 is 0 Å². The summed E-state index contributed by atoms with van der Waals surface area (Å²) in [6, 6.07) is 31.6. The number of amides is 2. The van der Waals surface area contributed by atoms with Crippen molar-refractivity contribution in [2.75, 3.05) is 19.6 Å². The molecule has 2 aliphatic heterocycles. The molecule has 0 radical (unpaired) electrons. The van der Waals surface area contributed by atoms with Crippen molar-refractivity contribution < 1.29 is 24.2 Å². The first kappa shape index (κ1) is 41.5. The van der Waals surface area contributed by atoms with Crippen LogP contribution in [-0.2, 0) is 22.6 Å². The van der Waals surface area contributed by atoms with Crippen molar-refractivity contribution in [2.45, 2.75) is 129 Å². The summed E-state index contributed by atoms with van der Waals surface area (Å²) in [7, 11) is 0. The standard InChI is InChI=1S/C49H62N2O5/c1-3-5-7-9-11-15-29-50(30-16-12-10-8-6-4-2)35-43-33-46(39-27-25-37(36-52)26-28-39)56-49(55-43)42-22-18-21-41(32-42)40-20-17-19-38(31-40)34-51-47(53)44-23-13-14-24-45(44)48(51)54/h13-14,17-28,31-32,43,46,49,52H,3-12,15-16,29-30,33-36H2,1-2H3. The van der Waals surface area contributed by atoms with Crippen LogP contribution in [-0.4, -0.2) is 52.5 Å². The monoisotopic (exact) mass is 758 g/mol. The zero-order valence-corrected chi connectivity index (χ0v) is 33.7. The minimum atomic E-state index is -0.553. The lowest BCUT2D eigenvalue weighted by Gasteiger charge is -2.38. The van der Waals surface area contributed by atoms with Crippen molar-refractivity contribution in [3.05, 3.63) is 130 Å².